The Balaban J connectivity index is 1.82. The Morgan fingerprint density at radius 2 is 2.17 bits per heavy atom. The van der Waals surface area contributed by atoms with E-state index in [1.165, 1.54) is 18.9 Å². The Bertz CT molecular complexity index is 1080. The topological polar surface area (TPSA) is 89.4 Å². The minimum Gasteiger partial charge on any atom is -0.503 e. The molecule has 0 spiro atoms. The molecule has 148 valence electrons. The largest absolute Gasteiger partial charge is 0.503 e. The summed E-state index contributed by atoms with van der Waals surface area (Å²) in [6.07, 6.45) is 1.13. The molecule has 0 unspecified atom stereocenters. The van der Waals surface area contributed by atoms with Crippen LogP contribution in [-0.2, 0) is 0 Å². The molecule has 0 bridgehead atoms. The van der Waals surface area contributed by atoms with Gasteiger partial charge in [-0.25, -0.2) is 0 Å². The summed E-state index contributed by atoms with van der Waals surface area (Å²) < 4.78 is 11.4. The van der Waals surface area contributed by atoms with Gasteiger partial charge in [0.2, 0.25) is 11.0 Å². The summed E-state index contributed by atoms with van der Waals surface area (Å²) in [7, 11) is 1.46. The van der Waals surface area contributed by atoms with Gasteiger partial charge in [-0.3, -0.25) is 0 Å². The zero-order valence-electron chi connectivity index (χ0n) is 15.4. The van der Waals surface area contributed by atoms with Crippen LogP contribution in [0.5, 0.6) is 17.4 Å². The van der Waals surface area contributed by atoms with Crippen molar-refractivity contribution in [3.05, 3.63) is 59.6 Å². The molecule has 3 aromatic rings. The summed E-state index contributed by atoms with van der Waals surface area (Å²) in [5, 5.41) is 22.6. The molecule has 1 aliphatic rings. The van der Waals surface area contributed by atoms with E-state index in [2.05, 4.69) is 27.1 Å². The number of halogens is 1. The Morgan fingerprint density at radius 1 is 1.34 bits per heavy atom. The molecule has 29 heavy (non-hydrogen) atoms. The number of nitrogens with one attached hydrogen (secondary N) is 1. The lowest BCUT2D eigenvalue weighted by Crippen LogP contribution is -2.17. The molecule has 0 amide bonds. The zero-order chi connectivity index (χ0) is 20.4. The lowest BCUT2D eigenvalue weighted by atomic mass is 10.1. The molecule has 0 radical (unpaired) electrons. The smallest absolute Gasteiger partial charge is 0.247 e. The number of hydrogen-bond acceptors (Lipinski definition) is 8. The van der Waals surface area contributed by atoms with E-state index in [4.69, 9.17) is 21.1 Å². The number of ether oxygens (including phenoxy) is 2. The van der Waals surface area contributed by atoms with Crippen molar-refractivity contribution in [2.75, 3.05) is 18.2 Å². The maximum Gasteiger partial charge on any atom is 0.247 e. The molecule has 7 nitrogen and oxygen atoms in total. The van der Waals surface area contributed by atoms with Crippen LogP contribution in [0.25, 0.3) is 11.3 Å². The summed E-state index contributed by atoms with van der Waals surface area (Å²) in [4.78, 5) is 4.53. The fourth-order valence-electron chi connectivity index (χ4n) is 2.89. The van der Waals surface area contributed by atoms with Crippen LogP contribution in [-0.4, -0.2) is 33.2 Å². The molecule has 4 rings (SSSR count). The number of fused-ring (bicyclic) bond motifs is 3. The molecular formula is C20H17ClN4O3S. The molecule has 1 aliphatic heterocycles. The molecule has 1 aromatic heterocycles. The second kappa shape index (κ2) is 8.18. The molecule has 0 saturated carbocycles. The van der Waals surface area contributed by atoms with Gasteiger partial charge >= 0.3 is 0 Å². The quantitative estimate of drug-likeness (QED) is 0.447. The number of phenols is 1. The number of phenolic OH excluding ortho intramolecular Hbond substituents is 1. The van der Waals surface area contributed by atoms with Crippen molar-refractivity contribution in [2.24, 2.45) is 0 Å². The number of rotatable bonds is 5. The Kier molecular flexibility index (Phi) is 5.46. The molecule has 1 atom stereocenters. The number of anilines is 1. The molecule has 2 aromatic carbocycles. The number of hydrogen-bond donors (Lipinski definition) is 2. The molecule has 0 fully saturated rings. The van der Waals surface area contributed by atoms with E-state index in [0.29, 0.717) is 28.0 Å². The highest BCUT2D eigenvalue weighted by atomic mass is 35.5. The molecule has 9 heteroatoms. The maximum atomic E-state index is 10.1. The fourth-order valence-corrected chi connectivity index (χ4v) is 3.63. The first kappa shape index (κ1) is 19.4. The Hall–Kier alpha value is -2.97. The minimum atomic E-state index is -0.640. The minimum absolute atomic E-state index is 0.126. The van der Waals surface area contributed by atoms with Crippen molar-refractivity contribution in [3.63, 3.8) is 0 Å². The van der Waals surface area contributed by atoms with Gasteiger partial charge in [-0.05, 0) is 18.2 Å². The molecule has 0 aliphatic carbocycles. The molecule has 2 N–H and O–H groups in total. The van der Waals surface area contributed by atoms with Gasteiger partial charge < -0.3 is 19.9 Å². The van der Waals surface area contributed by atoms with Gasteiger partial charge in [-0.1, -0.05) is 47.6 Å². The summed E-state index contributed by atoms with van der Waals surface area (Å²) in [6.45, 7) is 3.71. The third kappa shape index (κ3) is 3.81. The number of aromatic hydroxyl groups is 1. The number of para-hydroxylation sites is 1. The van der Waals surface area contributed by atoms with Crippen molar-refractivity contribution < 1.29 is 14.6 Å². The van der Waals surface area contributed by atoms with Crippen LogP contribution in [0, 0.1) is 0 Å². The van der Waals surface area contributed by atoms with E-state index < -0.39 is 6.23 Å². The first-order chi connectivity index (χ1) is 14.1. The molecule has 0 saturated heterocycles. The molecular weight excluding hydrogens is 412 g/mol. The summed E-state index contributed by atoms with van der Waals surface area (Å²) in [6, 6.07) is 10.9. The van der Waals surface area contributed by atoms with E-state index >= 15 is 0 Å². The maximum absolute atomic E-state index is 10.1. The van der Waals surface area contributed by atoms with Crippen LogP contribution in [0.4, 0.5) is 5.69 Å². The second-order valence-corrected chi connectivity index (χ2v) is 7.48. The SMILES string of the molecule is C=CCSc1nnc2c(n1)O[C@H](c1cc(Cl)c(O)c(OC)c1)Nc1ccccc1-2. The Morgan fingerprint density at radius 3 is 2.97 bits per heavy atom. The van der Waals surface area contributed by atoms with E-state index in [1.54, 1.807) is 18.2 Å². The van der Waals surface area contributed by atoms with Gasteiger partial charge in [0.25, 0.3) is 0 Å². The highest BCUT2D eigenvalue weighted by Gasteiger charge is 2.27. The van der Waals surface area contributed by atoms with Crippen molar-refractivity contribution >= 4 is 29.1 Å². The number of benzene rings is 2. The van der Waals surface area contributed by atoms with E-state index in [-0.39, 0.29) is 16.5 Å². The van der Waals surface area contributed by atoms with E-state index in [1.807, 2.05) is 24.3 Å². The number of thioether (sulfide) groups is 1. The fraction of sp³-hybridized carbons (Fsp3) is 0.150. The average molecular weight is 429 g/mol. The van der Waals surface area contributed by atoms with Crippen molar-refractivity contribution in [1.82, 2.24) is 15.2 Å². The second-order valence-electron chi connectivity index (χ2n) is 6.09. The summed E-state index contributed by atoms with van der Waals surface area (Å²) in [5.74, 6) is 1.12. The number of methoxy groups -OCH3 is 1. The lowest BCUT2D eigenvalue weighted by Gasteiger charge is -2.20. The average Bonchev–Trinajstić information content (AvgIpc) is 2.90. The van der Waals surface area contributed by atoms with Crippen LogP contribution < -0.4 is 14.8 Å². The number of aromatic nitrogens is 3. The summed E-state index contributed by atoms with van der Waals surface area (Å²) >= 11 is 7.59. The van der Waals surface area contributed by atoms with Gasteiger partial charge in [-0.2, -0.15) is 4.98 Å². The first-order valence-corrected chi connectivity index (χ1v) is 10.0. The van der Waals surface area contributed by atoms with Gasteiger partial charge in [0, 0.05) is 22.6 Å². The normalized spacial score (nSPS) is 14.6. The van der Waals surface area contributed by atoms with Crippen LogP contribution >= 0.6 is 23.4 Å². The first-order valence-electron chi connectivity index (χ1n) is 8.68. The standard InChI is InChI=1S/C20H17ClN4O3S/c1-3-8-29-20-23-19-16(24-25-20)12-6-4-5-7-14(12)22-18(28-19)11-9-13(21)17(26)15(10-11)27-2/h3-7,9-10,18,22,26H,1,8H2,2H3/t18-/m1/s1. The van der Waals surface area contributed by atoms with Gasteiger partial charge in [0.05, 0.1) is 12.1 Å². The third-order valence-corrected chi connectivity index (χ3v) is 5.36. The van der Waals surface area contributed by atoms with Crippen molar-refractivity contribution in [3.8, 4) is 28.6 Å². The Labute approximate surface area is 176 Å². The third-order valence-electron chi connectivity index (χ3n) is 4.24. The predicted octanol–water partition coefficient (Wildman–Crippen LogP) is 4.69. The highest BCUT2D eigenvalue weighted by Crippen LogP contribution is 2.42. The monoisotopic (exact) mass is 428 g/mol. The van der Waals surface area contributed by atoms with E-state index in [9.17, 15) is 5.11 Å². The van der Waals surface area contributed by atoms with E-state index in [0.717, 1.165) is 11.3 Å². The van der Waals surface area contributed by atoms with Crippen molar-refractivity contribution in [1.29, 1.82) is 0 Å². The lowest BCUT2D eigenvalue weighted by molar-refractivity contribution is 0.224. The van der Waals surface area contributed by atoms with Gasteiger partial charge in [-0.15, -0.1) is 16.8 Å². The van der Waals surface area contributed by atoms with Crippen LogP contribution in [0.3, 0.4) is 0 Å². The summed E-state index contributed by atoms with van der Waals surface area (Å²) in [5.41, 5.74) is 2.82. The van der Waals surface area contributed by atoms with Gasteiger partial charge in [0.15, 0.2) is 23.4 Å². The van der Waals surface area contributed by atoms with Gasteiger partial charge in [0.1, 0.15) is 0 Å². The van der Waals surface area contributed by atoms with Crippen LogP contribution in [0.1, 0.15) is 11.8 Å². The zero-order valence-corrected chi connectivity index (χ0v) is 17.0. The van der Waals surface area contributed by atoms with Crippen LogP contribution in [0.15, 0.2) is 54.2 Å². The molecule has 2 heterocycles. The highest BCUT2D eigenvalue weighted by molar-refractivity contribution is 7.99. The van der Waals surface area contributed by atoms with Crippen molar-refractivity contribution in [2.45, 2.75) is 11.4 Å². The number of nitrogens with zero attached hydrogens (tertiary/aromatic N) is 3. The van der Waals surface area contributed by atoms with Crippen LogP contribution in [0.2, 0.25) is 5.02 Å². The predicted molar refractivity (Wildman–Crippen MR) is 113 cm³/mol.